The molecule has 0 amide bonds. The SMILES string of the molecule is CC(C)(NCC(F)CS(=O)O)c1ccccc1. The van der Waals surface area contributed by atoms with Gasteiger partial charge in [-0.1, -0.05) is 30.3 Å². The van der Waals surface area contributed by atoms with Gasteiger partial charge in [-0.2, -0.15) is 0 Å². The van der Waals surface area contributed by atoms with Gasteiger partial charge in [-0.15, -0.1) is 0 Å². The zero-order chi connectivity index (χ0) is 12.9. The summed E-state index contributed by atoms with van der Waals surface area (Å²) in [6.45, 7) is 3.96. The molecule has 1 rings (SSSR count). The third-order valence-electron chi connectivity index (χ3n) is 2.58. The maximum Gasteiger partial charge on any atom is 0.155 e. The van der Waals surface area contributed by atoms with Crippen LogP contribution < -0.4 is 5.32 Å². The van der Waals surface area contributed by atoms with Gasteiger partial charge in [-0.3, -0.25) is 0 Å². The molecule has 0 aliphatic rings. The molecule has 0 aliphatic carbocycles. The second kappa shape index (κ2) is 6.23. The minimum atomic E-state index is -2.08. The Labute approximate surface area is 104 Å². The molecule has 0 saturated carbocycles. The van der Waals surface area contributed by atoms with Gasteiger partial charge in [-0.05, 0) is 19.4 Å². The fourth-order valence-electron chi connectivity index (χ4n) is 1.54. The molecule has 0 spiro atoms. The highest BCUT2D eigenvalue weighted by atomic mass is 32.2. The summed E-state index contributed by atoms with van der Waals surface area (Å²) >= 11 is -2.08. The highest BCUT2D eigenvalue weighted by molar-refractivity contribution is 7.79. The van der Waals surface area contributed by atoms with Crippen LogP contribution in [0.2, 0.25) is 0 Å². The summed E-state index contributed by atoms with van der Waals surface area (Å²) in [6, 6.07) is 9.70. The average Bonchev–Trinajstić information content (AvgIpc) is 2.27. The summed E-state index contributed by atoms with van der Waals surface area (Å²) in [5.41, 5.74) is 0.694. The minimum Gasteiger partial charge on any atom is -0.306 e. The van der Waals surface area contributed by atoms with Crippen LogP contribution in [0, 0.1) is 0 Å². The lowest BCUT2D eigenvalue weighted by Crippen LogP contribution is -2.41. The molecular formula is C12H18FNO2S. The number of rotatable bonds is 6. The highest BCUT2D eigenvalue weighted by Gasteiger charge is 2.21. The standard InChI is InChI=1S/C12H18FNO2S/c1-12(2,10-6-4-3-5-7-10)14-8-11(13)9-17(15)16/h3-7,11,14H,8-9H2,1-2H3,(H,15,16). The molecule has 2 atom stereocenters. The topological polar surface area (TPSA) is 49.3 Å². The van der Waals surface area contributed by atoms with Gasteiger partial charge in [0, 0.05) is 12.1 Å². The average molecular weight is 259 g/mol. The van der Waals surface area contributed by atoms with Gasteiger partial charge in [0.2, 0.25) is 0 Å². The molecule has 0 saturated heterocycles. The second-order valence-corrected chi connectivity index (χ2v) is 5.43. The van der Waals surface area contributed by atoms with E-state index in [-0.39, 0.29) is 17.8 Å². The molecule has 1 aromatic rings. The van der Waals surface area contributed by atoms with Gasteiger partial charge in [0.05, 0.1) is 5.75 Å². The largest absolute Gasteiger partial charge is 0.306 e. The Morgan fingerprint density at radius 1 is 1.41 bits per heavy atom. The molecule has 1 aromatic carbocycles. The van der Waals surface area contributed by atoms with Crippen LogP contribution in [0.5, 0.6) is 0 Å². The first kappa shape index (κ1) is 14.3. The smallest absolute Gasteiger partial charge is 0.155 e. The third kappa shape index (κ3) is 4.93. The first-order valence-corrected chi connectivity index (χ1v) is 6.71. The van der Waals surface area contributed by atoms with Crippen molar-refractivity contribution in [3.8, 4) is 0 Å². The molecule has 2 unspecified atom stereocenters. The first-order valence-electron chi connectivity index (χ1n) is 5.44. The molecule has 2 N–H and O–H groups in total. The highest BCUT2D eigenvalue weighted by Crippen LogP contribution is 2.19. The second-order valence-electron chi connectivity index (χ2n) is 4.46. The van der Waals surface area contributed by atoms with Crippen LogP contribution in [0.1, 0.15) is 19.4 Å². The number of hydrogen-bond donors (Lipinski definition) is 2. The van der Waals surface area contributed by atoms with E-state index < -0.39 is 17.3 Å². The molecule has 3 nitrogen and oxygen atoms in total. The number of nitrogens with one attached hydrogen (secondary N) is 1. The Morgan fingerprint density at radius 3 is 2.53 bits per heavy atom. The fourth-order valence-corrected chi connectivity index (χ4v) is 1.96. The predicted octanol–water partition coefficient (Wildman–Crippen LogP) is 2.07. The van der Waals surface area contributed by atoms with Crippen molar-refractivity contribution in [3.63, 3.8) is 0 Å². The van der Waals surface area contributed by atoms with Gasteiger partial charge >= 0.3 is 0 Å². The number of alkyl halides is 1. The molecule has 0 heterocycles. The quantitative estimate of drug-likeness (QED) is 0.769. The van der Waals surface area contributed by atoms with Crippen LogP contribution in [0.3, 0.4) is 0 Å². The van der Waals surface area contributed by atoms with E-state index in [1.54, 1.807) is 0 Å². The summed E-state index contributed by atoms with van der Waals surface area (Å²) < 4.78 is 32.3. The van der Waals surface area contributed by atoms with Crippen molar-refractivity contribution in [1.82, 2.24) is 5.32 Å². The third-order valence-corrected chi connectivity index (χ3v) is 3.23. The van der Waals surface area contributed by atoms with Crippen molar-refractivity contribution in [3.05, 3.63) is 35.9 Å². The van der Waals surface area contributed by atoms with Gasteiger partial charge in [0.15, 0.2) is 11.1 Å². The van der Waals surface area contributed by atoms with Crippen LogP contribution in [-0.4, -0.2) is 27.2 Å². The Hall–Kier alpha value is -0.780. The van der Waals surface area contributed by atoms with Crippen molar-refractivity contribution in [1.29, 1.82) is 0 Å². The van der Waals surface area contributed by atoms with E-state index in [1.807, 2.05) is 44.2 Å². The zero-order valence-electron chi connectivity index (χ0n) is 10.0. The molecule has 0 fully saturated rings. The van der Waals surface area contributed by atoms with Crippen LogP contribution in [0.4, 0.5) is 4.39 Å². The van der Waals surface area contributed by atoms with E-state index in [2.05, 4.69) is 5.32 Å². The van der Waals surface area contributed by atoms with Crippen LogP contribution in [-0.2, 0) is 16.6 Å². The lowest BCUT2D eigenvalue weighted by Gasteiger charge is -2.27. The van der Waals surface area contributed by atoms with E-state index in [1.165, 1.54) is 0 Å². The fraction of sp³-hybridized carbons (Fsp3) is 0.500. The van der Waals surface area contributed by atoms with Crippen molar-refractivity contribution in [2.45, 2.75) is 25.6 Å². The molecule has 96 valence electrons. The van der Waals surface area contributed by atoms with E-state index in [4.69, 9.17) is 4.55 Å². The zero-order valence-corrected chi connectivity index (χ0v) is 10.8. The number of hydrogen-bond acceptors (Lipinski definition) is 2. The van der Waals surface area contributed by atoms with E-state index in [0.29, 0.717) is 0 Å². The summed E-state index contributed by atoms with van der Waals surface area (Å²) in [6.07, 6.45) is -1.32. The molecule has 0 bridgehead atoms. The molecule has 0 aliphatic heterocycles. The molecule has 17 heavy (non-hydrogen) atoms. The number of halogens is 1. The van der Waals surface area contributed by atoms with Gasteiger partial charge in [0.1, 0.15) is 6.17 Å². The summed E-state index contributed by atoms with van der Waals surface area (Å²) in [7, 11) is 0. The van der Waals surface area contributed by atoms with Crippen LogP contribution in [0.25, 0.3) is 0 Å². The van der Waals surface area contributed by atoms with Crippen molar-refractivity contribution >= 4 is 11.1 Å². The normalized spacial score (nSPS) is 15.5. The van der Waals surface area contributed by atoms with E-state index in [0.717, 1.165) is 5.56 Å². The van der Waals surface area contributed by atoms with Crippen LogP contribution >= 0.6 is 0 Å². The molecular weight excluding hydrogens is 241 g/mol. The Bertz CT molecular complexity index is 370. The summed E-state index contributed by atoms with van der Waals surface area (Å²) in [4.78, 5) is 0. The maximum absolute atomic E-state index is 13.3. The van der Waals surface area contributed by atoms with E-state index >= 15 is 0 Å². The summed E-state index contributed by atoms with van der Waals surface area (Å²) in [5, 5.41) is 3.06. The Morgan fingerprint density at radius 2 is 2.00 bits per heavy atom. The van der Waals surface area contributed by atoms with Gasteiger partial charge in [-0.25, -0.2) is 8.60 Å². The lowest BCUT2D eigenvalue weighted by molar-refractivity contribution is 0.297. The van der Waals surface area contributed by atoms with Crippen LogP contribution in [0.15, 0.2) is 30.3 Å². The predicted molar refractivity (Wildman–Crippen MR) is 68.0 cm³/mol. The van der Waals surface area contributed by atoms with E-state index in [9.17, 15) is 8.60 Å². The van der Waals surface area contributed by atoms with Crippen molar-refractivity contribution < 1.29 is 13.2 Å². The minimum absolute atomic E-state index is 0.0637. The first-order chi connectivity index (χ1) is 7.92. The van der Waals surface area contributed by atoms with Crippen molar-refractivity contribution in [2.24, 2.45) is 0 Å². The monoisotopic (exact) mass is 259 g/mol. The van der Waals surface area contributed by atoms with Gasteiger partial charge < -0.3 is 9.87 Å². The van der Waals surface area contributed by atoms with Gasteiger partial charge in [0.25, 0.3) is 0 Å². The Kier molecular flexibility index (Phi) is 5.24. The lowest BCUT2D eigenvalue weighted by atomic mass is 9.94. The van der Waals surface area contributed by atoms with Crippen molar-refractivity contribution in [2.75, 3.05) is 12.3 Å². The maximum atomic E-state index is 13.3. The Balaban J connectivity index is 2.53. The molecule has 5 heteroatoms. The number of benzene rings is 1. The molecule has 0 aromatic heterocycles. The summed E-state index contributed by atoms with van der Waals surface area (Å²) in [5.74, 6) is -0.349. The molecule has 0 radical (unpaired) electrons.